The summed E-state index contributed by atoms with van der Waals surface area (Å²) >= 11 is 1.60. The van der Waals surface area contributed by atoms with Crippen LogP contribution in [0.2, 0.25) is 0 Å². The smallest absolute Gasteiger partial charge is 0.327 e. The van der Waals surface area contributed by atoms with Gasteiger partial charge in [0.2, 0.25) is 5.91 Å². The fourth-order valence-electron chi connectivity index (χ4n) is 6.90. The zero-order valence-corrected chi connectivity index (χ0v) is 31.3. The van der Waals surface area contributed by atoms with Gasteiger partial charge in [0, 0.05) is 42.3 Å². The topological polar surface area (TPSA) is 114 Å². The molecule has 2 N–H and O–H groups in total. The van der Waals surface area contributed by atoms with E-state index in [1.165, 1.54) is 18.4 Å². The lowest BCUT2D eigenvalue weighted by Gasteiger charge is -2.37. The molecule has 0 spiro atoms. The van der Waals surface area contributed by atoms with Crippen LogP contribution < -0.4 is 10.1 Å². The maximum absolute atomic E-state index is 13.0. The molecule has 9 nitrogen and oxygen atoms in total. The summed E-state index contributed by atoms with van der Waals surface area (Å²) in [5, 5.41) is 12.4. The molecule has 3 aliphatic rings. The van der Waals surface area contributed by atoms with E-state index in [0.29, 0.717) is 36.3 Å². The average Bonchev–Trinajstić information content (AvgIpc) is 3.54. The first-order chi connectivity index (χ1) is 23.3. The van der Waals surface area contributed by atoms with Gasteiger partial charge < -0.3 is 24.6 Å². The van der Waals surface area contributed by atoms with E-state index < -0.39 is 12.0 Å². The average molecular weight is 725 g/mol. The Balaban J connectivity index is 1.14. The lowest BCUT2D eigenvalue weighted by molar-refractivity contribution is -0.148. The summed E-state index contributed by atoms with van der Waals surface area (Å²) in [7, 11) is 4.88. The highest BCUT2D eigenvalue weighted by Crippen LogP contribution is 2.31. The number of esters is 1. The monoisotopic (exact) mass is 724 g/mol. The van der Waals surface area contributed by atoms with Crippen molar-refractivity contribution in [3.05, 3.63) is 29.3 Å². The molecular formula is C36H56N2O7S3. The Hall–Kier alpha value is -1.60. The van der Waals surface area contributed by atoms with Crippen LogP contribution in [-0.4, -0.2) is 102 Å². The van der Waals surface area contributed by atoms with Crippen LogP contribution in [0, 0.1) is 12.8 Å². The first kappa shape index (κ1) is 39.2. The molecule has 1 aromatic rings. The standard InChI is InChI=1S/C36H56N2O7S3/c1-26-22-27(13-14-32(26)43-2)16-19-44-33-12-8-7-11-31(33)38-18-15-29(23-38)45-34(39)17-21-47-48-24-28-10-6-4-3-5-9-20-46-25-30(36(41)42)37-35(28)40/h13-14,22,28-31,33H,3-12,15-21,23-25H2,1-2H3,(H,37,40)(H,41,42)/t28?,29-,30?,31-,33-/m1/s1. The number of ether oxygens (including phenoxy) is 3. The third-order valence-corrected chi connectivity index (χ3v) is 13.3. The Morgan fingerprint density at radius 3 is 2.65 bits per heavy atom. The van der Waals surface area contributed by atoms with Gasteiger partial charge in [-0.25, -0.2) is 4.79 Å². The fraction of sp³-hybridized carbons (Fsp3) is 0.750. The van der Waals surface area contributed by atoms with Gasteiger partial charge in [-0.3, -0.25) is 14.5 Å². The quantitative estimate of drug-likeness (QED) is 0.124. The highest BCUT2D eigenvalue weighted by molar-refractivity contribution is 8.76. The van der Waals surface area contributed by atoms with E-state index in [4.69, 9.17) is 14.2 Å². The van der Waals surface area contributed by atoms with Crippen molar-refractivity contribution in [2.75, 3.05) is 49.8 Å². The van der Waals surface area contributed by atoms with Crippen molar-refractivity contribution in [2.45, 2.75) is 115 Å². The van der Waals surface area contributed by atoms with Crippen LogP contribution in [0.1, 0.15) is 88.2 Å². The number of amides is 1. The highest BCUT2D eigenvalue weighted by atomic mass is 33.1. The molecule has 2 aliphatic heterocycles. The zero-order chi connectivity index (χ0) is 34.1. The van der Waals surface area contributed by atoms with Crippen molar-refractivity contribution in [1.29, 1.82) is 0 Å². The van der Waals surface area contributed by atoms with Gasteiger partial charge in [0.15, 0.2) is 0 Å². The van der Waals surface area contributed by atoms with Gasteiger partial charge in [0.05, 0.1) is 26.2 Å². The number of benzene rings is 1. The number of carbonyl (C=O) groups excluding carboxylic acids is 2. The summed E-state index contributed by atoms with van der Waals surface area (Å²) in [5.74, 6) is 1.93. The molecule has 2 saturated heterocycles. The number of carboxylic acids is 1. The number of rotatable bonds is 14. The number of carboxylic acid groups (broad SMARTS) is 1. The molecule has 3 fully saturated rings. The van der Waals surface area contributed by atoms with E-state index in [-0.39, 0.29) is 30.0 Å². The van der Waals surface area contributed by atoms with Crippen molar-refractivity contribution in [3.63, 3.8) is 0 Å². The molecule has 0 aromatic heterocycles. The Morgan fingerprint density at radius 1 is 1.04 bits per heavy atom. The van der Waals surface area contributed by atoms with Crippen LogP contribution in [0.3, 0.4) is 0 Å². The largest absolute Gasteiger partial charge is 0.496 e. The number of methoxy groups -OCH3 is 1. The first-order valence-corrected chi connectivity index (χ1v) is 21.5. The second kappa shape index (κ2) is 21.6. The molecule has 12 heteroatoms. The summed E-state index contributed by atoms with van der Waals surface area (Å²) in [6, 6.07) is 5.84. The molecule has 1 aliphatic carbocycles. The Morgan fingerprint density at radius 2 is 1.83 bits per heavy atom. The molecule has 2 heterocycles. The molecule has 0 bridgehead atoms. The van der Waals surface area contributed by atoms with Crippen molar-refractivity contribution < 1.29 is 33.7 Å². The Kier molecular flexibility index (Phi) is 17.6. The number of nitrogens with zero attached hydrogens (tertiary/aromatic N) is 1. The lowest BCUT2D eigenvalue weighted by Crippen LogP contribution is -2.46. The number of aliphatic carboxylic acids is 1. The predicted octanol–water partition coefficient (Wildman–Crippen LogP) is 6.54. The molecule has 1 amide bonds. The molecule has 1 saturated carbocycles. The molecule has 48 heavy (non-hydrogen) atoms. The lowest BCUT2D eigenvalue weighted by atomic mass is 9.91. The number of hydrogen-bond donors (Lipinski definition) is 2. The summed E-state index contributed by atoms with van der Waals surface area (Å²) in [5.41, 5.74) is 2.40. The molecular weight excluding hydrogens is 669 g/mol. The minimum absolute atomic E-state index is 0.0792. The second-order valence-electron chi connectivity index (χ2n) is 13.3. The van der Waals surface area contributed by atoms with Crippen LogP contribution in [-0.2, 0) is 30.3 Å². The van der Waals surface area contributed by atoms with Crippen LogP contribution >= 0.6 is 33.3 Å². The molecule has 5 atom stereocenters. The number of likely N-dealkylation sites (tertiary alicyclic amines) is 1. The second-order valence-corrected chi connectivity index (χ2v) is 17.1. The number of thioether (sulfide) groups is 1. The molecule has 4 rings (SSSR count). The Labute approximate surface area is 299 Å². The SMILES string of the molecule is COc1ccc(CCO[C@@H]2CCCC[C@H]2N2CC[C@@H](OC(=O)CCSSCC3CCCCCCCSCC(C(=O)O)NC3=O)C2)cc1C. The fourth-order valence-corrected chi connectivity index (χ4v) is 10.3. The van der Waals surface area contributed by atoms with Crippen molar-refractivity contribution in [2.24, 2.45) is 5.92 Å². The summed E-state index contributed by atoms with van der Waals surface area (Å²) in [6.07, 6.45) is 13.0. The van der Waals surface area contributed by atoms with Crippen molar-refractivity contribution in [3.8, 4) is 5.75 Å². The highest BCUT2D eigenvalue weighted by Gasteiger charge is 2.36. The van der Waals surface area contributed by atoms with E-state index in [1.54, 1.807) is 40.5 Å². The van der Waals surface area contributed by atoms with Crippen molar-refractivity contribution >= 4 is 51.2 Å². The van der Waals surface area contributed by atoms with Gasteiger partial charge in [0.25, 0.3) is 0 Å². The molecule has 2 unspecified atom stereocenters. The number of hydrogen-bond acceptors (Lipinski definition) is 10. The van der Waals surface area contributed by atoms with Crippen LogP contribution in [0.25, 0.3) is 0 Å². The maximum atomic E-state index is 13.0. The van der Waals surface area contributed by atoms with Crippen LogP contribution in [0.5, 0.6) is 5.75 Å². The number of carbonyl (C=O) groups is 3. The van der Waals surface area contributed by atoms with E-state index in [0.717, 1.165) is 94.4 Å². The van der Waals surface area contributed by atoms with E-state index in [1.807, 2.05) is 6.07 Å². The van der Waals surface area contributed by atoms with Gasteiger partial charge >= 0.3 is 11.9 Å². The normalized spacial score (nSPS) is 26.5. The van der Waals surface area contributed by atoms with Gasteiger partial charge in [-0.2, -0.15) is 11.8 Å². The molecule has 270 valence electrons. The third-order valence-electron chi connectivity index (χ3n) is 9.65. The zero-order valence-electron chi connectivity index (χ0n) is 28.8. The van der Waals surface area contributed by atoms with E-state index in [2.05, 4.69) is 29.3 Å². The summed E-state index contributed by atoms with van der Waals surface area (Å²) in [6.45, 7) is 4.46. The van der Waals surface area contributed by atoms with E-state index >= 15 is 0 Å². The number of aryl methyl sites for hydroxylation is 1. The van der Waals surface area contributed by atoms with Crippen LogP contribution in [0.15, 0.2) is 18.2 Å². The molecule has 0 radical (unpaired) electrons. The Bertz CT molecular complexity index is 1160. The van der Waals surface area contributed by atoms with Gasteiger partial charge in [-0.15, -0.1) is 0 Å². The van der Waals surface area contributed by atoms with Gasteiger partial charge in [-0.05, 0) is 68.4 Å². The number of nitrogens with one attached hydrogen (secondary N) is 1. The predicted molar refractivity (Wildman–Crippen MR) is 197 cm³/mol. The van der Waals surface area contributed by atoms with Crippen molar-refractivity contribution in [1.82, 2.24) is 10.2 Å². The summed E-state index contributed by atoms with van der Waals surface area (Å²) in [4.78, 5) is 39.9. The molecule has 1 aromatic carbocycles. The van der Waals surface area contributed by atoms with Crippen LogP contribution in [0.4, 0.5) is 0 Å². The first-order valence-electron chi connectivity index (χ1n) is 17.9. The summed E-state index contributed by atoms with van der Waals surface area (Å²) < 4.78 is 17.8. The third kappa shape index (κ3) is 13.3. The maximum Gasteiger partial charge on any atom is 0.327 e. The minimum Gasteiger partial charge on any atom is -0.496 e. The van der Waals surface area contributed by atoms with Gasteiger partial charge in [0.1, 0.15) is 17.9 Å². The van der Waals surface area contributed by atoms with E-state index in [9.17, 15) is 19.5 Å². The van der Waals surface area contributed by atoms with Gasteiger partial charge in [-0.1, -0.05) is 72.2 Å². The minimum atomic E-state index is -0.974.